The summed E-state index contributed by atoms with van der Waals surface area (Å²) in [5.74, 6) is 0.150. The summed E-state index contributed by atoms with van der Waals surface area (Å²) in [4.78, 5) is 27.3. The normalized spacial score (nSPS) is 11.0. The average molecular weight is 339 g/mol. The third kappa shape index (κ3) is 2.97. The first-order valence-electron chi connectivity index (χ1n) is 7.55. The van der Waals surface area contributed by atoms with E-state index in [0.717, 1.165) is 27.1 Å². The van der Waals surface area contributed by atoms with E-state index in [9.17, 15) is 9.59 Å². The molecule has 0 unspecified atom stereocenters. The van der Waals surface area contributed by atoms with Gasteiger partial charge in [-0.2, -0.15) is 5.10 Å². The SMILES string of the molecule is CC(=O)c1c(C)[nH]c(C(=O)CSc2nncc3ccccc23)c1C. The standard InChI is InChI=1S/C18H17N3O2S/c1-10-16(12(3)22)11(2)20-17(10)15(23)9-24-18-14-7-5-4-6-13(14)8-19-21-18/h4-8,20H,9H2,1-3H3. The molecule has 3 rings (SSSR count). The number of nitrogens with one attached hydrogen (secondary N) is 1. The van der Waals surface area contributed by atoms with Crippen LogP contribution in [0.4, 0.5) is 0 Å². The summed E-state index contributed by atoms with van der Waals surface area (Å²) in [6, 6.07) is 7.81. The molecule has 0 fully saturated rings. The second kappa shape index (κ2) is 6.57. The number of thioether (sulfide) groups is 1. The average Bonchev–Trinajstić information content (AvgIpc) is 2.87. The molecule has 1 aromatic carbocycles. The highest BCUT2D eigenvalue weighted by molar-refractivity contribution is 8.00. The number of nitrogens with zero attached hydrogens (tertiary/aromatic N) is 2. The van der Waals surface area contributed by atoms with Crippen LogP contribution in [0.25, 0.3) is 10.8 Å². The van der Waals surface area contributed by atoms with Crippen LogP contribution in [0, 0.1) is 13.8 Å². The molecule has 0 bridgehead atoms. The van der Waals surface area contributed by atoms with Crippen LogP contribution in [0.3, 0.4) is 0 Å². The van der Waals surface area contributed by atoms with Gasteiger partial charge in [-0.3, -0.25) is 9.59 Å². The lowest BCUT2D eigenvalue weighted by atomic mass is 10.1. The van der Waals surface area contributed by atoms with Gasteiger partial charge in [-0.1, -0.05) is 36.0 Å². The van der Waals surface area contributed by atoms with Crippen molar-refractivity contribution in [3.8, 4) is 0 Å². The van der Waals surface area contributed by atoms with E-state index in [1.165, 1.54) is 18.7 Å². The second-order valence-electron chi connectivity index (χ2n) is 5.63. The Bertz CT molecular complexity index is 941. The number of aryl methyl sites for hydroxylation is 1. The number of carbonyl (C=O) groups is 2. The predicted octanol–water partition coefficient (Wildman–Crippen LogP) is 3.75. The summed E-state index contributed by atoms with van der Waals surface area (Å²) >= 11 is 1.36. The highest BCUT2D eigenvalue weighted by Crippen LogP contribution is 2.26. The Balaban J connectivity index is 1.83. The third-order valence-electron chi connectivity index (χ3n) is 3.94. The van der Waals surface area contributed by atoms with E-state index >= 15 is 0 Å². The van der Waals surface area contributed by atoms with Crippen LogP contribution >= 0.6 is 11.8 Å². The maximum atomic E-state index is 12.6. The van der Waals surface area contributed by atoms with Crippen molar-refractivity contribution in [2.75, 3.05) is 5.75 Å². The molecule has 1 N–H and O–H groups in total. The Labute approximate surface area is 143 Å². The van der Waals surface area contributed by atoms with Crippen molar-refractivity contribution in [3.05, 3.63) is 53.0 Å². The van der Waals surface area contributed by atoms with Crippen molar-refractivity contribution in [2.24, 2.45) is 0 Å². The summed E-state index contributed by atoms with van der Waals surface area (Å²) in [5.41, 5.74) is 2.56. The molecule has 6 heteroatoms. The van der Waals surface area contributed by atoms with Crippen molar-refractivity contribution < 1.29 is 9.59 Å². The molecule has 0 atom stereocenters. The number of aromatic amines is 1. The molecule has 24 heavy (non-hydrogen) atoms. The predicted molar refractivity (Wildman–Crippen MR) is 94.9 cm³/mol. The van der Waals surface area contributed by atoms with Gasteiger partial charge in [0.15, 0.2) is 11.6 Å². The van der Waals surface area contributed by atoms with E-state index in [2.05, 4.69) is 15.2 Å². The number of fused-ring (bicyclic) bond motifs is 1. The largest absolute Gasteiger partial charge is 0.355 e. The van der Waals surface area contributed by atoms with E-state index in [-0.39, 0.29) is 17.3 Å². The van der Waals surface area contributed by atoms with Crippen LogP contribution in [0.1, 0.15) is 39.0 Å². The molecule has 0 aliphatic rings. The monoisotopic (exact) mass is 339 g/mol. The maximum Gasteiger partial charge on any atom is 0.189 e. The zero-order chi connectivity index (χ0) is 17.3. The highest BCUT2D eigenvalue weighted by atomic mass is 32.2. The number of hydrogen-bond acceptors (Lipinski definition) is 5. The topological polar surface area (TPSA) is 75.7 Å². The zero-order valence-electron chi connectivity index (χ0n) is 13.7. The van der Waals surface area contributed by atoms with E-state index in [0.29, 0.717) is 11.3 Å². The van der Waals surface area contributed by atoms with Gasteiger partial charge in [0.2, 0.25) is 0 Å². The van der Waals surface area contributed by atoms with Crippen LogP contribution in [-0.2, 0) is 0 Å². The van der Waals surface area contributed by atoms with Gasteiger partial charge in [0, 0.05) is 22.0 Å². The molecule has 0 aliphatic heterocycles. The van der Waals surface area contributed by atoms with Gasteiger partial charge in [-0.05, 0) is 26.3 Å². The first-order valence-corrected chi connectivity index (χ1v) is 8.54. The number of hydrogen-bond donors (Lipinski definition) is 1. The Morgan fingerprint density at radius 1 is 1.21 bits per heavy atom. The highest BCUT2D eigenvalue weighted by Gasteiger charge is 2.20. The lowest BCUT2D eigenvalue weighted by molar-refractivity contribution is 0.101. The molecule has 2 aromatic heterocycles. The van der Waals surface area contributed by atoms with Crippen molar-refractivity contribution in [3.63, 3.8) is 0 Å². The van der Waals surface area contributed by atoms with Gasteiger partial charge in [0.25, 0.3) is 0 Å². The molecule has 0 spiro atoms. The van der Waals surface area contributed by atoms with Gasteiger partial charge in [0.05, 0.1) is 17.6 Å². The van der Waals surface area contributed by atoms with Gasteiger partial charge >= 0.3 is 0 Å². The summed E-state index contributed by atoms with van der Waals surface area (Å²) in [6.45, 7) is 5.12. The quantitative estimate of drug-likeness (QED) is 0.566. The summed E-state index contributed by atoms with van der Waals surface area (Å²) in [7, 11) is 0. The van der Waals surface area contributed by atoms with Crippen molar-refractivity contribution in [1.82, 2.24) is 15.2 Å². The molecule has 0 saturated heterocycles. The fourth-order valence-electron chi connectivity index (χ4n) is 2.87. The number of ketones is 2. The lowest BCUT2D eigenvalue weighted by Gasteiger charge is -2.04. The van der Waals surface area contributed by atoms with Gasteiger partial charge < -0.3 is 4.98 Å². The van der Waals surface area contributed by atoms with Crippen LogP contribution in [0.15, 0.2) is 35.5 Å². The second-order valence-corrected chi connectivity index (χ2v) is 6.59. The van der Waals surface area contributed by atoms with Gasteiger partial charge in [-0.15, -0.1) is 5.10 Å². The first kappa shape index (κ1) is 16.4. The number of aromatic nitrogens is 3. The number of rotatable bonds is 5. The molecule has 0 radical (unpaired) electrons. The van der Waals surface area contributed by atoms with E-state index in [4.69, 9.17) is 0 Å². The zero-order valence-corrected chi connectivity index (χ0v) is 14.5. The Morgan fingerprint density at radius 3 is 2.67 bits per heavy atom. The van der Waals surface area contributed by atoms with Gasteiger partial charge in [0.1, 0.15) is 5.03 Å². The maximum absolute atomic E-state index is 12.6. The number of benzene rings is 1. The third-order valence-corrected chi connectivity index (χ3v) is 4.93. The molecule has 0 aliphatic carbocycles. The first-order chi connectivity index (χ1) is 11.5. The molecule has 0 amide bonds. The summed E-state index contributed by atoms with van der Waals surface area (Å²) < 4.78 is 0. The fourth-order valence-corrected chi connectivity index (χ4v) is 3.73. The van der Waals surface area contributed by atoms with Crippen LogP contribution in [0.2, 0.25) is 0 Å². The summed E-state index contributed by atoms with van der Waals surface area (Å²) in [6.07, 6.45) is 1.71. The smallest absolute Gasteiger partial charge is 0.189 e. The fraction of sp³-hybridized carbons (Fsp3) is 0.222. The summed E-state index contributed by atoms with van der Waals surface area (Å²) in [5, 5.41) is 10.8. The molecule has 3 aromatic rings. The van der Waals surface area contributed by atoms with E-state index in [1.54, 1.807) is 13.1 Å². The van der Waals surface area contributed by atoms with E-state index in [1.807, 2.05) is 31.2 Å². The van der Waals surface area contributed by atoms with Crippen LogP contribution in [0.5, 0.6) is 0 Å². The number of H-pyrrole nitrogens is 1. The van der Waals surface area contributed by atoms with Crippen molar-refractivity contribution >= 4 is 34.1 Å². The Hall–Kier alpha value is -2.47. The minimum atomic E-state index is -0.0529. The molecule has 122 valence electrons. The van der Waals surface area contributed by atoms with Gasteiger partial charge in [-0.25, -0.2) is 0 Å². The minimum Gasteiger partial charge on any atom is -0.355 e. The molecular weight excluding hydrogens is 322 g/mol. The van der Waals surface area contributed by atoms with Crippen LogP contribution < -0.4 is 0 Å². The Kier molecular flexibility index (Phi) is 4.49. The molecular formula is C18H17N3O2S. The van der Waals surface area contributed by atoms with E-state index < -0.39 is 0 Å². The minimum absolute atomic E-state index is 0.0344. The van der Waals surface area contributed by atoms with Crippen LogP contribution in [-0.4, -0.2) is 32.5 Å². The van der Waals surface area contributed by atoms with Crippen molar-refractivity contribution in [1.29, 1.82) is 0 Å². The molecule has 0 saturated carbocycles. The molecule has 2 heterocycles. The lowest BCUT2D eigenvalue weighted by Crippen LogP contribution is -2.06. The number of Topliss-reactive ketones (excluding diaryl/α,β-unsaturated/α-hetero) is 2. The molecule has 5 nitrogen and oxygen atoms in total. The van der Waals surface area contributed by atoms with Crippen molar-refractivity contribution in [2.45, 2.75) is 25.8 Å². The Morgan fingerprint density at radius 2 is 1.96 bits per heavy atom. The number of carbonyl (C=O) groups excluding carboxylic acids is 2.